The van der Waals surface area contributed by atoms with Gasteiger partial charge < -0.3 is 0 Å². The maximum Gasteiger partial charge on any atom is 0.0631 e. The summed E-state index contributed by atoms with van der Waals surface area (Å²) in [5.41, 5.74) is -0.0372. The van der Waals surface area contributed by atoms with Crippen LogP contribution < -0.4 is 0 Å². The molecule has 0 spiro atoms. The van der Waals surface area contributed by atoms with Crippen LogP contribution in [0.5, 0.6) is 0 Å². The van der Waals surface area contributed by atoms with Gasteiger partial charge in [-0.25, -0.2) is 0 Å². The molecule has 0 aromatic rings. The summed E-state index contributed by atoms with van der Waals surface area (Å²) in [6.07, 6.45) is 12.0. The van der Waals surface area contributed by atoms with Crippen molar-refractivity contribution in [1.82, 2.24) is 0 Å². The smallest absolute Gasteiger partial charge is 0.0631 e. The lowest BCUT2D eigenvalue weighted by molar-refractivity contribution is 0.166. The third-order valence-electron chi connectivity index (χ3n) is 5.80. The topological polar surface area (TPSA) is 0 Å². The Morgan fingerprint density at radius 3 is 2.24 bits per heavy atom. The molecule has 0 heterocycles. The standard InChI is InChI=1S/C19H36B2/c1-6-7-8-11-16-12-9-10-15(2)13-17(14-16)19(20,21)18(3,4)5/h15-17H,6-14H2,1-5H3. The van der Waals surface area contributed by atoms with E-state index in [4.69, 9.17) is 15.7 Å². The number of rotatable bonds is 5. The normalized spacial score (nSPS) is 28.9. The van der Waals surface area contributed by atoms with E-state index in [0.717, 1.165) is 11.8 Å². The van der Waals surface area contributed by atoms with Crippen LogP contribution >= 0.6 is 0 Å². The minimum atomic E-state index is -0.554. The maximum atomic E-state index is 6.65. The molecular weight excluding hydrogens is 250 g/mol. The molecule has 1 fully saturated rings. The Balaban J connectivity index is 2.76. The van der Waals surface area contributed by atoms with Crippen LogP contribution in [0, 0.1) is 23.2 Å². The summed E-state index contributed by atoms with van der Waals surface area (Å²) in [5.74, 6) is 2.06. The van der Waals surface area contributed by atoms with E-state index in [1.807, 2.05) is 0 Å². The molecule has 4 radical (unpaired) electrons. The molecule has 0 saturated heterocycles. The average Bonchev–Trinajstić information content (AvgIpc) is 2.33. The van der Waals surface area contributed by atoms with Gasteiger partial charge in [-0.15, -0.1) is 0 Å². The van der Waals surface area contributed by atoms with Gasteiger partial charge in [0.05, 0.1) is 15.7 Å². The van der Waals surface area contributed by atoms with Gasteiger partial charge in [-0.2, -0.15) is 0 Å². The van der Waals surface area contributed by atoms with E-state index in [-0.39, 0.29) is 5.41 Å². The van der Waals surface area contributed by atoms with Crippen LogP contribution in [-0.2, 0) is 0 Å². The molecule has 3 atom stereocenters. The van der Waals surface area contributed by atoms with Gasteiger partial charge in [0, 0.05) is 0 Å². The molecule has 0 bridgehead atoms. The summed E-state index contributed by atoms with van der Waals surface area (Å²) in [6, 6.07) is 0. The van der Waals surface area contributed by atoms with Crippen molar-refractivity contribution in [2.24, 2.45) is 23.2 Å². The molecule has 0 N–H and O–H groups in total. The van der Waals surface area contributed by atoms with Crippen molar-refractivity contribution in [3.05, 3.63) is 0 Å². The molecule has 3 unspecified atom stereocenters. The lowest BCUT2D eigenvalue weighted by Crippen LogP contribution is -2.39. The van der Waals surface area contributed by atoms with Gasteiger partial charge in [0.15, 0.2) is 0 Å². The summed E-state index contributed by atoms with van der Waals surface area (Å²) in [5, 5.41) is -0.554. The predicted molar refractivity (Wildman–Crippen MR) is 97.0 cm³/mol. The molecule has 2 heteroatoms. The molecule has 0 nitrogen and oxygen atoms in total. The largest absolute Gasteiger partial charge is 0.0916 e. The Hall–Kier alpha value is 0.130. The van der Waals surface area contributed by atoms with E-state index in [1.54, 1.807) is 0 Å². The van der Waals surface area contributed by atoms with E-state index in [2.05, 4.69) is 34.6 Å². The van der Waals surface area contributed by atoms with Crippen molar-refractivity contribution >= 4 is 15.7 Å². The second kappa shape index (κ2) is 8.11. The van der Waals surface area contributed by atoms with Gasteiger partial charge in [0.1, 0.15) is 0 Å². The molecular formula is C19H36B2. The lowest BCUT2D eigenvalue weighted by atomic mass is 9.37. The van der Waals surface area contributed by atoms with Crippen LogP contribution in [0.25, 0.3) is 0 Å². The predicted octanol–water partition coefficient (Wildman–Crippen LogP) is 5.90. The summed E-state index contributed by atoms with van der Waals surface area (Å²) in [4.78, 5) is 0. The zero-order valence-corrected chi connectivity index (χ0v) is 15.3. The van der Waals surface area contributed by atoms with E-state index >= 15 is 0 Å². The minimum Gasteiger partial charge on any atom is -0.0916 e. The first-order valence-electron chi connectivity index (χ1n) is 9.26. The van der Waals surface area contributed by atoms with Crippen molar-refractivity contribution < 1.29 is 0 Å². The Labute approximate surface area is 137 Å². The summed E-state index contributed by atoms with van der Waals surface area (Å²) >= 11 is 0. The Kier molecular flexibility index (Phi) is 7.41. The van der Waals surface area contributed by atoms with Crippen LogP contribution in [0.4, 0.5) is 0 Å². The fraction of sp³-hybridized carbons (Fsp3) is 1.00. The third kappa shape index (κ3) is 5.68. The Bertz CT molecular complexity index is 288. The number of unbranched alkanes of at least 4 members (excludes halogenated alkanes) is 2. The molecule has 1 saturated carbocycles. The van der Waals surface area contributed by atoms with Gasteiger partial charge in [-0.05, 0) is 30.1 Å². The number of hydrogen-bond donors (Lipinski definition) is 0. The fourth-order valence-corrected chi connectivity index (χ4v) is 3.92. The van der Waals surface area contributed by atoms with E-state index in [9.17, 15) is 0 Å². The molecule has 118 valence electrons. The van der Waals surface area contributed by atoms with Crippen LogP contribution in [0.2, 0.25) is 5.21 Å². The van der Waals surface area contributed by atoms with Crippen molar-refractivity contribution in [2.75, 3.05) is 0 Å². The van der Waals surface area contributed by atoms with Crippen LogP contribution in [0.1, 0.15) is 92.4 Å². The van der Waals surface area contributed by atoms with Crippen molar-refractivity contribution in [3.8, 4) is 0 Å². The van der Waals surface area contributed by atoms with Gasteiger partial charge in [-0.1, -0.05) is 90.7 Å². The molecule has 1 rings (SSSR count). The molecule has 0 aliphatic heterocycles. The van der Waals surface area contributed by atoms with Crippen molar-refractivity contribution in [1.29, 1.82) is 0 Å². The molecule has 0 aromatic carbocycles. The SMILES string of the molecule is [B]C([B])(C1CC(C)CCCC(CCCCC)C1)C(C)(C)C. The monoisotopic (exact) mass is 286 g/mol. The Morgan fingerprint density at radius 1 is 1.00 bits per heavy atom. The van der Waals surface area contributed by atoms with Gasteiger partial charge >= 0.3 is 0 Å². The molecule has 1 aliphatic rings. The highest BCUT2D eigenvalue weighted by Crippen LogP contribution is 2.52. The lowest BCUT2D eigenvalue weighted by Gasteiger charge is -2.49. The Morgan fingerprint density at radius 2 is 1.67 bits per heavy atom. The first kappa shape index (κ1) is 19.2. The summed E-state index contributed by atoms with van der Waals surface area (Å²) < 4.78 is 0. The molecule has 1 aliphatic carbocycles. The zero-order chi connectivity index (χ0) is 16.1. The third-order valence-corrected chi connectivity index (χ3v) is 5.80. The minimum absolute atomic E-state index is 0.0372. The first-order chi connectivity index (χ1) is 9.68. The maximum absolute atomic E-state index is 6.65. The summed E-state index contributed by atoms with van der Waals surface area (Å²) in [7, 11) is 13.3. The van der Waals surface area contributed by atoms with Crippen molar-refractivity contribution in [3.63, 3.8) is 0 Å². The highest BCUT2D eigenvalue weighted by molar-refractivity contribution is 6.40. The fourth-order valence-electron chi connectivity index (χ4n) is 3.92. The summed E-state index contributed by atoms with van der Waals surface area (Å²) in [6.45, 7) is 11.3. The quantitative estimate of drug-likeness (QED) is 0.436. The highest BCUT2D eigenvalue weighted by Gasteiger charge is 2.40. The van der Waals surface area contributed by atoms with Crippen LogP contribution in [-0.4, -0.2) is 15.7 Å². The van der Waals surface area contributed by atoms with Gasteiger partial charge in [0.2, 0.25) is 0 Å². The van der Waals surface area contributed by atoms with Gasteiger partial charge in [0.25, 0.3) is 0 Å². The van der Waals surface area contributed by atoms with Crippen LogP contribution in [0.3, 0.4) is 0 Å². The average molecular weight is 286 g/mol. The van der Waals surface area contributed by atoms with Crippen molar-refractivity contribution in [2.45, 2.75) is 97.6 Å². The van der Waals surface area contributed by atoms with E-state index in [0.29, 0.717) is 5.92 Å². The zero-order valence-electron chi connectivity index (χ0n) is 15.3. The second-order valence-electron chi connectivity index (χ2n) is 8.75. The van der Waals surface area contributed by atoms with Crippen LogP contribution in [0.15, 0.2) is 0 Å². The molecule has 0 amide bonds. The molecule has 21 heavy (non-hydrogen) atoms. The second-order valence-corrected chi connectivity index (χ2v) is 8.75. The number of hydrogen-bond acceptors (Lipinski definition) is 0. The van der Waals surface area contributed by atoms with Gasteiger partial charge in [-0.3, -0.25) is 0 Å². The van der Waals surface area contributed by atoms with E-state index < -0.39 is 5.21 Å². The highest BCUT2D eigenvalue weighted by atomic mass is 14.4. The first-order valence-corrected chi connectivity index (χ1v) is 9.26. The van der Waals surface area contributed by atoms with E-state index in [1.165, 1.54) is 57.8 Å². The molecule has 0 aromatic heterocycles.